The van der Waals surface area contributed by atoms with Gasteiger partial charge in [-0.3, -0.25) is 4.90 Å². The van der Waals surface area contributed by atoms with Gasteiger partial charge in [0.1, 0.15) is 0 Å². The predicted octanol–water partition coefficient (Wildman–Crippen LogP) is 4.20. The van der Waals surface area contributed by atoms with E-state index in [0.717, 1.165) is 24.5 Å². The van der Waals surface area contributed by atoms with E-state index >= 15 is 0 Å². The van der Waals surface area contributed by atoms with Gasteiger partial charge in [-0.1, -0.05) is 46.0 Å². The maximum absolute atomic E-state index is 3.82. The number of nitrogens with zero attached hydrogens (tertiary/aromatic N) is 1. The maximum atomic E-state index is 3.82. The molecular formula is C18H36N2. The highest BCUT2D eigenvalue weighted by molar-refractivity contribution is 4.85. The summed E-state index contributed by atoms with van der Waals surface area (Å²) in [5.41, 5.74) is 0. The monoisotopic (exact) mass is 280 g/mol. The average molecular weight is 280 g/mol. The molecule has 0 aromatic carbocycles. The third-order valence-corrected chi connectivity index (χ3v) is 5.59. The number of hydrogen-bond acceptors (Lipinski definition) is 2. The Morgan fingerprint density at radius 3 is 2.35 bits per heavy atom. The van der Waals surface area contributed by atoms with Crippen LogP contribution in [0.5, 0.6) is 0 Å². The summed E-state index contributed by atoms with van der Waals surface area (Å²) in [7, 11) is 0. The number of likely N-dealkylation sites (tertiary alicyclic amines) is 1. The number of rotatable bonds is 6. The lowest BCUT2D eigenvalue weighted by Crippen LogP contribution is -2.49. The van der Waals surface area contributed by atoms with Gasteiger partial charge in [-0.2, -0.15) is 0 Å². The molecule has 2 rings (SSSR count). The molecule has 2 nitrogen and oxygen atoms in total. The van der Waals surface area contributed by atoms with Crippen molar-refractivity contribution in [3.8, 4) is 0 Å². The normalized spacial score (nSPS) is 28.2. The molecule has 1 aliphatic carbocycles. The summed E-state index contributed by atoms with van der Waals surface area (Å²) < 4.78 is 0. The van der Waals surface area contributed by atoms with Gasteiger partial charge in [0, 0.05) is 18.6 Å². The van der Waals surface area contributed by atoms with Gasteiger partial charge in [-0.15, -0.1) is 0 Å². The van der Waals surface area contributed by atoms with Gasteiger partial charge < -0.3 is 5.32 Å². The zero-order valence-corrected chi connectivity index (χ0v) is 13.9. The van der Waals surface area contributed by atoms with Crippen molar-refractivity contribution in [2.45, 2.75) is 90.1 Å². The van der Waals surface area contributed by atoms with E-state index in [0.29, 0.717) is 0 Å². The second-order valence-electron chi connectivity index (χ2n) is 6.97. The van der Waals surface area contributed by atoms with E-state index in [2.05, 4.69) is 24.1 Å². The molecule has 0 aromatic heterocycles. The van der Waals surface area contributed by atoms with E-state index in [9.17, 15) is 0 Å². The first-order chi connectivity index (χ1) is 9.85. The van der Waals surface area contributed by atoms with Crippen molar-refractivity contribution in [2.24, 2.45) is 5.92 Å². The van der Waals surface area contributed by atoms with Crippen LogP contribution in [0.2, 0.25) is 0 Å². The third-order valence-electron chi connectivity index (χ3n) is 5.59. The Labute approximate surface area is 126 Å². The van der Waals surface area contributed by atoms with Crippen LogP contribution in [-0.4, -0.2) is 36.6 Å². The lowest BCUT2D eigenvalue weighted by Gasteiger charge is -2.37. The van der Waals surface area contributed by atoms with Crippen LogP contribution in [0.3, 0.4) is 0 Å². The van der Waals surface area contributed by atoms with E-state index in [1.54, 1.807) is 0 Å². The molecule has 118 valence electrons. The summed E-state index contributed by atoms with van der Waals surface area (Å²) in [6.07, 6.45) is 14.4. The van der Waals surface area contributed by atoms with Gasteiger partial charge in [0.05, 0.1) is 0 Å². The number of hydrogen-bond donors (Lipinski definition) is 1. The summed E-state index contributed by atoms with van der Waals surface area (Å²) in [6, 6.07) is 1.59. The molecule has 2 atom stereocenters. The minimum atomic E-state index is 0.743. The molecule has 1 heterocycles. The highest BCUT2D eigenvalue weighted by Gasteiger charge is 2.27. The maximum Gasteiger partial charge on any atom is 0.0223 e. The van der Waals surface area contributed by atoms with Crippen LogP contribution < -0.4 is 5.32 Å². The molecule has 2 fully saturated rings. The van der Waals surface area contributed by atoms with Crippen molar-refractivity contribution in [1.82, 2.24) is 10.2 Å². The molecule has 20 heavy (non-hydrogen) atoms. The van der Waals surface area contributed by atoms with Gasteiger partial charge in [-0.25, -0.2) is 0 Å². The molecule has 0 bridgehead atoms. The quantitative estimate of drug-likeness (QED) is 0.784. The largest absolute Gasteiger partial charge is 0.313 e. The molecule has 2 aliphatic rings. The predicted molar refractivity (Wildman–Crippen MR) is 88.2 cm³/mol. The molecule has 0 spiro atoms. The lowest BCUT2D eigenvalue weighted by molar-refractivity contribution is 0.142. The SMILES string of the molecule is CCNC(CN1CCCCCC1CC)C1CCCCC1. The molecule has 1 aliphatic heterocycles. The van der Waals surface area contributed by atoms with E-state index in [1.165, 1.54) is 77.3 Å². The third kappa shape index (κ3) is 4.73. The fraction of sp³-hybridized carbons (Fsp3) is 1.00. The number of likely N-dealkylation sites (N-methyl/N-ethyl adjacent to an activating group) is 1. The van der Waals surface area contributed by atoms with Crippen molar-refractivity contribution in [1.29, 1.82) is 0 Å². The fourth-order valence-corrected chi connectivity index (χ4v) is 4.37. The minimum Gasteiger partial charge on any atom is -0.313 e. The molecule has 1 N–H and O–H groups in total. The van der Waals surface area contributed by atoms with Crippen molar-refractivity contribution in [3.05, 3.63) is 0 Å². The molecule has 2 unspecified atom stereocenters. The summed E-state index contributed by atoms with van der Waals surface area (Å²) in [4.78, 5) is 2.83. The second-order valence-corrected chi connectivity index (χ2v) is 6.97. The number of nitrogens with one attached hydrogen (secondary N) is 1. The average Bonchev–Trinajstić information content (AvgIpc) is 2.72. The van der Waals surface area contributed by atoms with E-state index in [1.807, 2.05) is 0 Å². The van der Waals surface area contributed by atoms with Crippen molar-refractivity contribution in [3.63, 3.8) is 0 Å². The Hall–Kier alpha value is -0.0800. The molecule has 0 amide bonds. The zero-order valence-electron chi connectivity index (χ0n) is 13.9. The second kappa shape index (κ2) is 9.04. The fourth-order valence-electron chi connectivity index (χ4n) is 4.37. The van der Waals surface area contributed by atoms with Crippen molar-refractivity contribution < 1.29 is 0 Å². The molecule has 1 saturated carbocycles. The van der Waals surface area contributed by atoms with Crippen LogP contribution in [0, 0.1) is 5.92 Å². The summed E-state index contributed by atoms with van der Waals surface area (Å²) >= 11 is 0. The van der Waals surface area contributed by atoms with Gasteiger partial charge in [0.15, 0.2) is 0 Å². The van der Waals surface area contributed by atoms with Crippen molar-refractivity contribution in [2.75, 3.05) is 19.6 Å². The lowest BCUT2D eigenvalue weighted by atomic mass is 9.83. The van der Waals surface area contributed by atoms with Crippen LogP contribution >= 0.6 is 0 Å². The van der Waals surface area contributed by atoms with Gasteiger partial charge in [0.2, 0.25) is 0 Å². The van der Waals surface area contributed by atoms with E-state index in [4.69, 9.17) is 0 Å². The Balaban J connectivity index is 1.93. The first-order valence-electron chi connectivity index (χ1n) is 9.32. The molecule has 1 saturated heterocycles. The van der Waals surface area contributed by atoms with Crippen LogP contribution in [0.4, 0.5) is 0 Å². The molecule has 2 heteroatoms. The zero-order chi connectivity index (χ0) is 14.2. The van der Waals surface area contributed by atoms with E-state index in [-0.39, 0.29) is 0 Å². The van der Waals surface area contributed by atoms with Crippen LogP contribution in [0.15, 0.2) is 0 Å². The van der Waals surface area contributed by atoms with Crippen molar-refractivity contribution >= 4 is 0 Å². The minimum absolute atomic E-state index is 0.743. The van der Waals surface area contributed by atoms with E-state index < -0.39 is 0 Å². The Kier molecular flexibility index (Phi) is 7.37. The highest BCUT2D eigenvalue weighted by Crippen LogP contribution is 2.28. The summed E-state index contributed by atoms with van der Waals surface area (Å²) in [5.74, 6) is 0.935. The molecular weight excluding hydrogens is 244 g/mol. The standard InChI is InChI=1S/C18H36N2/c1-3-17-13-9-6-10-14-20(17)15-18(19-4-2)16-11-7-5-8-12-16/h16-19H,3-15H2,1-2H3. The van der Waals surface area contributed by atoms with Gasteiger partial charge >= 0.3 is 0 Å². The van der Waals surface area contributed by atoms with Crippen LogP contribution in [0.1, 0.15) is 78.1 Å². The first-order valence-corrected chi connectivity index (χ1v) is 9.32. The highest BCUT2D eigenvalue weighted by atomic mass is 15.2. The Bertz CT molecular complexity index is 248. The Morgan fingerprint density at radius 1 is 0.950 bits per heavy atom. The van der Waals surface area contributed by atoms with Crippen LogP contribution in [-0.2, 0) is 0 Å². The van der Waals surface area contributed by atoms with Gasteiger partial charge in [-0.05, 0) is 51.1 Å². The molecule has 0 radical (unpaired) electrons. The first kappa shape index (κ1) is 16.3. The smallest absolute Gasteiger partial charge is 0.0223 e. The summed E-state index contributed by atoms with van der Waals surface area (Å²) in [6.45, 7) is 8.43. The van der Waals surface area contributed by atoms with Crippen LogP contribution in [0.25, 0.3) is 0 Å². The Morgan fingerprint density at radius 2 is 1.65 bits per heavy atom. The van der Waals surface area contributed by atoms with Gasteiger partial charge in [0.25, 0.3) is 0 Å². The topological polar surface area (TPSA) is 15.3 Å². The molecule has 0 aromatic rings. The summed E-state index contributed by atoms with van der Waals surface area (Å²) in [5, 5.41) is 3.82.